The number of rotatable bonds is 8. The van der Waals surface area contributed by atoms with E-state index in [9.17, 15) is 4.79 Å². The largest absolute Gasteiger partial charge is 0.467 e. The first-order valence-corrected chi connectivity index (χ1v) is 8.77. The molecule has 0 radical (unpaired) electrons. The Labute approximate surface area is 148 Å². The zero-order valence-corrected chi connectivity index (χ0v) is 14.8. The van der Waals surface area contributed by atoms with E-state index in [0.29, 0.717) is 45.4 Å². The number of piperidine rings is 1. The lowest BCUT2D eigenvalue weighted by Crippen LogP contribution is -2.48. The summed E-state index contributed by atoms with van der Waals surface area (Å²) >= 11 is 0. The molecule has 8 heteroatoms. The van der Waals surface area contributed by atoms with Gasteiger partial charge in [-0.2, -0.15) is 0 Å². The predicted molar refractivity (Wildman–Crippen MR) is 94.2 cm³/mol. The number of carbonyl (C=O) groups excluding carboxylic acids is 1. The first kappa shape index (κ1) is 19.1. The topological polar surface area (TPSA) is 102 Å². The SMILES string of the molecule is CCOC(=O)N1CCC(NC(N)=NCCCOCc2ccco2)CC1. The molecule has 1 aliphatic rings. The predicted octanol–water partition coefficient (Wildman–Crippen LogP) is 1.71. The Morgan fingerprint density at radius 3 is 2.96 bits per heavy atom. The van der Waals surface area contributed by atoms with Crippen molar-refractivity contribution in [3.05, 3.63) is 24.2 Å². The van der Waals surface area contributed by atoms with Crippen molar-refractivity contribution in [3.63, 3.8) is 0 Å². The summed E-state index contributed by atoms with van der Waals surface area (Å²) in [4.78, 5) is 17.7. The van der Waals surface area contributed by atoms with E-state index in [4.69, 9.17) is 19.6 Å². The van der Waals surface area contributed by atoms with Crippen LogP contribution in [0.2, 0.25) is 0 Å². The van der Waals surface area contributed by atoms with Gasteiger partial charge >= 0.3 is 6.09 Å². The van der Waals surface area contributed by atoms with E-state index in [-0.39, 0.29) is 12.1 Å². The van der Waals surface area contributed by atoms with Crippen molar-refractivity contribution in [2.24, 2.45) is 10.7 Å². The van der Waals surface area contributed by atoms with Gasteiger partial charge in [0, 0.05) is 32.3 Å². The second-order valence-corrected chi connectivity index (χ2v) is 5.86. The summed E-state index contributed by atoms with van der Waals surface area (Å²) in [5.74, 6) is 1.26. The van der Waals surface area contributed by atoms with Crippen molar-refractivity contribution in [2.75, 3.05) is 32.8 Å². The van der Waals surface area contributed by atoms with Crippen LogP contribution in [0, 0.1) is 0 Å². The average molecular weight is 352 g/mol. The third-order valence-corrected chi connectivity index (χ3v) is 3.93. The number of nitrogens with zero attached hydrogens (tertiary/aromatic N) is 2. The summed E-state index contributed by atoms with van der Waals surface area (Å²) in [6, 6.07) is 3.96. The molecule has 1 fully saturated rings. The third-order valence-electron chi connectivity index (χ3n) is 3.93. The second kappa shape index (κ2) is 10.6. The Kier molecular flexibility index (Phi) is 8.11. The fourth-order valence-corrected chi connectivity index (χ4v) is 2.61. The van der Waals surface area contributed by atoms with Gasteiger partial charge in [-0.05, 0) is 38.3 Å². The summed E-state index contributed by atoms with van der Waals surface area (Å²) in [7, 11) is 0. The van der Waals surface area contributed by atoms with Gasteiger partial charge in [0.15, 0.2) is 5.96 Å². The van der Waals surface area contributed by atoms with Gasteiger partial charge in [0.2, 0.25) is 0 Å². The number of amides is 1. The molecule has 0 bridgehead atoms. The van der Waals surface area contributed by atoms with Gasteiger partial charge < -0.3 is 29.8 Å². The molecule has 3 N–H and O–H groups in total. The molecule has 1 aromatic heterocycles. The van der Waals surface area contributed by atoms with Crippen LogP contribution in [0.1, 0.15) is 31.9 Å². The van der Waals surface area contributed by atoms with Gasteiger partial charge in [0.25, 0.3) is 0 Å². The summed E-state index contributed by atoms with van der Waals surface area (Å²) in [6.07, 6.45) is 3.86. The van der Waals surface area contributed by atoms with E-state index in [1.54, 1.807) is 11.2 Å². The standard InChI is InChI=1S/C17H28N4O4/c1-2-24-17(22)21-9-6-14(7-10-21)20-16(18)19-8-4-11-23-13-15-5-3-12-25-15/h3,5,12,14H,2,4,6-11,13H2,1H3,(H3,18,19,20). The summed E-state index contributed by atoms with van der Waals surface area (Å²) in [5.41, 5.74) is 5.92. The number of ether oxygens (including phenoxy) is 2. The molecule has 2 heterocycles. The lowest BCUT2D eigenvalue weighted by molar-refractivity contribution is 0.0963. The molecule has 1 saturated heterocycles. The van der Waals surface area contributed by atoms with Crippen LogP contribution in [0.15, 0.2) is 27.8 Å². The Morgan fingerprint density at radius 1 is 1.48 bits per heavy atom. The quantitative estimate of drug-likeness (QED) is 0.419. The molecule has 25 heavy (non-hydrogen) atoms. The lowest BCUT2D eigenvalue weighted by atomic mass is 10.1. The zero-order chi connectivity index (χ0) is 17.9. The van der Waals surface area contributed by atoms with Crippen LogP contribution in [-0.4, -0.2) is 55.8 Å². The van der Waals surface area contributed by atoms with Crippen molar-refractivity contribution >= 4 is 12.1 Å². The van der Waals surface area contributed by atoms with Gasteiger partial charge in [-0.1, -0.05) is 0 Å². The van der Waals surface area contributed by atoms with Crippen molar-refractivity contribution in [2.45, 2.75) is 38.8 Å². The number of nitrogens with two attached hydrogens (primary N) is 1. The van der Waals surface area contributed by atoms with Crippen molar-refractivity contribution in [1.82, 2.24) is 10.2 Å². The molecule has 1 amide bonds. The lowest BCUT2D eigenvalue weighted by Gasteiger charge is -2.31. The second-order valence-electron chi connectivity index (χ2n) is 5.86. The molecule has 1 aromatic rings. The van der Waals surface area contributed by atoms with Crippen LogP contribution in [0.25, 0.3) is 0 Å². The van der Waals surface area contributed by atoms with Crippen molar-refractivity contribution in [1.29, 1.82) is 0 Å². The number of nitrogens with one attached hydrogen (secondary N) is 1. The molecule has 0 saturated carbocycles. The molecule has 0 aliphatic carbocycles. The molecule has 0 aromatic carbocycles. The first-order valence-electron chi connectivity index (χ1n) is 8.77. The molecular weight excluding hydrogens is 324 g/mol. The van der Waals surface area contributed by atoms with Gasteiger partial charge in [0.05, 0.1) is 12.9 Å². The summed E-state index contributed by atoms with van der Waals surface area (Å²) < 4.78 is 15.7. The van der Waals surface area contributed by atoms with E-state index < -0.39 is 0 Å². The van der Waals surface area contributed by atoms with Crippen LogP contribution in [-0.2, 0) is 16.1 Å². The van der Waals surface area contributed by atoms with Gasteiger partial charge in [-0.15, -0.1) is 0 Å². The minimum atomic E-state index is -0.239. The van der Waals surface area contributed by atoms with Gasteiger partial charge in [-0.3, -0.25) is 4.99 Å². The van der Waals surface area contributed by atoms with Crippen molar-refractivity contribution < 1.29 is 18.7 Å². The van der Waals surface area contributed by atoms with Crippen LogP contribution >= 0.6 is 0 Å². The smallest absolute Gasteiger partial charge is 0.409 e. The number of furan rings is 1. The first-order chi connectivity index (χ1) is 12.2. The number of carbonyl (C=O) groups is 1. The van der Waals surface area contributed by atoms with Crippen molar-refractivity contribution in [3.8, 4) is 0 Å². The van der Waals surface area contributed by atoms with E-state index in [1.807, 2.05) is 19.1 Å². The maximum absolute atomic E-state index is 11.6. The van der Waals surface area contributed by atoms with E-state index >= 15 is 0 Å². The highest BCUT2D eigenvalue weighted by Gasteiger charge is 2.23. The number of aliphatic imine (C=N–C) groups is 1. The Hall–Kier alpha value is -2.22. The highest BCUT2D eigenvalue weighted by molar-refractivity contribution is 5.78. The van der Waals surface area contributed by atoms with Crippen LogP contribution < -0.4 is 11.1 Å². The minimum Gasteiger partial charge on any atom is -0.467 e. The van der Waals surface area contributed by atoms with E-state index in [0.717, 1.165) is 25.0 Å². The fraction of sp³-hybridized carbons (Fsp3) is 0.647. The maximum Gasteiger partial charge on any atom is 0.409 e. The monoisotopic (exact) mass is 352 g/mol. The number of hydrogen-bond donors (Lipinski definition) is 2. The summed E-state index contributed by atoms with van der Waals surface area (Å²) in [5, 5.41) is 3.22. The normalized spacial score (nSPS) is 16.0. The number of likely N-dealkylation sites (tertiary alicyclic amines) is 1. The molecule has 2 rings (SSSR count). The molecule has 0 spiro atoms. The Morgan fingerprint density at radius 2 is 2.28 bits per heavy atom. The molecule has 0 unspecified atom stereocenters. The Balaban J connectivity index is 1.54. The highest BCUT2D eigenvalue weighted by atomic mass is 16.6. The van der Waals surface area contributed by atoms with Crippen LogP contribution in [0.4, 0.5) is 4.79 Å². The van der Waals surface area contributed by atoms with Crippen LogP contribution in [0.3, 0.4) is 0 Å². The molecule has 1 aliphatic heterocycles. The number of guanidine groups is 1. The molecule has 0 atom stereocenters. The van der Waals surface area contributed by atoms with Gasteiger partial charge in [-0.25, -0.2) is 4.79 Å². The summed E-state index contributed by atoms with van der Waals surface area (Å²) in [6.45, 7) is 5.25. The van der Waals surface area contributed by atoms with E-state index in [2.05, 4.69) is 10.3 Å². The molecule has 8 nitrogen and oxygen atoms in total. The fourth-order valence-electron chi connectivity index (χ4n) is 2.61. The molecular formula is C17H28N4O4. The molecule has 140 valence electrons. The van der Waals surface area contributed by atoms with Gasteiger partial charge in [0.1, 0.15) is 12.4 Å². The third kappa shape index (κ3) is 7.04. The minimum absolute atomic E-state index is 0.239. The highest BCUT2D eigenvalue weighted by Crippen LogP contribution is 2.11. The maximum atomic E-state index is 11.6. The number of hydrogen-bond acceptors (Lipinski definition) is 5. The van der Waals surface area contributed by atoms with Crippen LogP contribution in [0.5, 0.6) is 0 Å². The zero-order valence-electron chi connectivity index (χ0n) is 14.8. The Bertz CT molecular complexity index is 525. The average Bonchev–Trinajstić information content (AvgIpc) is 3.12. The van der Waals surface area contributed by atoms with E-state index in [1.165, 1.54) is 0 Å².